The lowest BCUT2D eigenvalue weighted by Gasteiger charge is -2.27. The molecule has 0 heterocycles. The lowest BCUT2D eigenvalue weighted by atomic mass is 9.97. The fraction of sp³-hybridized carbons (Fsp3) is 0.235. The molecule has 4 amide bonds. The molecule has 0 atom stereocenters. The maximum Gasteiger partial charge on any atom is 0.416 e. The number of carbonyl (C=O) groups is 2. The van der Waals surface area contributed by atoms with Crippen molar-refractivity contribution in [2.45, 2.75) is 26.2 Å². The fourth-order valence-electron chi connectivity index (χ4n) is 5.64. The summed E-state index contributed by atoms with van der Waals surface area (Å²) in [5, 5.41) is 28.3. The molecule has 4 rings (SSSR count). The largest absolute Gasteiger partial charge is 0.456 e. The van der Waals surface area contributed by atoms with Gasteiger partial charge in [0.05, 0.1) is 32.1 Å². The maximum atomic E-state index is 13.7. The molecule has 55 heavy (non-hydrogen) atoms. The van der Waals surface area contributed by atoms with Gasteiger partial charge in [-0.05, 0) is 50.2 Å². The lowest BCUT2D eigenvalue weighted by Crippen LogP contribution is -2.38. The van der Waals surface area contributed by atoms with Crippen molar-refractivity contribution in [1.29, 1.82) is 0 Å². The molecule has 0 aliphatic rings. The van der Waals surface area contributed by atoms with Crippen LogP contribution in [0.25, 0.3) is 22.3 Å². The molecular weight excluding hydrogens is 789 g/mol. The number of urea groups is 2. The number of ether oxygens (including phenoxy) is 1. The average Bonchev–Trinajstić information content (AvgIpc) is 3.11. The molecule has 2 N–H and O–H groups in total. The molecule has 0 aliphatic carbocycles. The number of amides is 4. The number of nitrogens with zero attached hydrogens (tertiary/aromatic N) is 4. The van der Waals surface area contributed by atoms with Crippen molar-refractivity contribution in [1.82, 2.24) is 10.6 Å². The van der Waals surface area contributed by atoms with Crippen LogP contribution in [0.4, 0.5) is 58.7 Å². The smallest absolute Gasteiger partial charge is 0.416 e. The Morgan fingerprint density at radius 1 is 0.673 bits per heavy atom. The van der Waals surface area contributed by atoms with E-state index in [1.54, 1.807) is 0 Å². The minimum absolute atomic E-state index is 0.249. The van der Waals surface area contributed by atoms with Crippen molar-refractivity contribution in [3.05, 3.63) is 102 Å². The highest BCUT2D eigenvalue weighted by Gasteiger charge is 2.37. The standard InChI is InChI=1S/C34H28Cl2F6N6O7/c1-5-45(31(49)43-3)29-23(47(51)52)11-13-25(27(29)19-9-7-17(15-21(19)35)33(37,38)39)55-26-14-12-24(48(53)54)30(46(6-2)32(50)44-4)28(26)20-10-8-18(16-22(20)36)34(40,41)42/h7-16H,5-6H2,1-4H3,(H,43,49)(H,44,50). The predicted octanol–water partition coefficient (Wildman–Crippen LogP) is 10.3. The Balaban J connectivity index is 2.23. The summed E-state index contributed by atoms with van der Waals surface area (Å²) in [5.74, 6) is -0.867. The molecule has 0 saturated heterocycles. The number of carbonyl (C=O) groups excluding carboxylic acids is 2. The number of alkyl halides is 6. The fourth-order valence-corrected chi connectivity index (χ4v) is 6.19. The molecule has 0 bridgehead atoms. The number of hydrogen-bond donors (Lipinski definition) is 2. The van der Waals surface area contributed by atoms with Crippen LogP contribution in [0.1, 0.15) is 25.0 Å². The highest BCUT2D eigenvalue weighted by molar-refractivity contribution is 6.34. The molecular formula is C34H28Cl2F6N6O7. The Morgan fingerprint density at radius 2 is 1.02 bits per heavy atom. The van der Waals surface area contributed by atoms with E-state index in [4.69, 9.17) is 27.9 Å². The van der Waals surface area contributed by atoms with E-state index in [1.165, 1.54) is 27.9 Å². The normalized spacial score (nSPS) is 11.5. The molecule has 0 radical (unpaired) electrons. The van der Waals surface area contributed by atoms with Gasteiger partial charge in [0.25, 0.3) is 11.4 Å². The molecule has 4 aromatic carbocycles. The zero-order chi connectivity index (χ0) is 41.2. The molecule has 0 saturated carbocycles. The van der Waals surface area contributed by atoms with Gasteiger partial charge in [0.15, 0.2) is 0 Å². The van der Waals surface area contributed by atoms with Gasteiger partial charge in [-0.1, -0.05) is 35.3 Å². The van der Waals surface area contributed by atoms with Gasteiger partial charge in [-0.15, -0.1) is 0 Å². The van der Waals surface area contributed by atoms with Crippen LogP contribution in [-0.4, -0.2) is 49.1 Å². The summed E-state index contributed by atoms with van der Waals surface area (Å²) >= 11 is 12.8. The number of anilines is 2. The summed E-state index contributed by atoms with van der Waals surface area (Å²) in [7, 11) is 2.43. The zero-order valence-corrected chi connectivity index (χ0v) is 30.4. The second kappa shape index (κ2) is 16.3. The molecule has 0 spiro atoms. The van der Waals surface area contributed by atoms with Gasteiger partial charge in [0.1, 0.15) is 22.9 Å². The van der Waals surface area contributed by atoms with Gasteiger partial charge in [-0.25, -0.2) is 9.59 Å². The second-order valence-electron chi connectivity index (χ2n) is 11.2. The first kappa shape index (κ1) is 41.9. The summed E-state index contributed by atoms with van der Waals surface area (Å²) < 4.78 is 88.5. The minimum Gasteiger partial charge on any atom is -0.456 e. The van der Waals surface area contributed by atoms with E-state index in [2.05, 4.69) is 10.6 Å². The lowest BCUT2D eigenvalue weighted by molar-refractivity contribution is -0.384. The molecule has 0 unspecified atom stereocenters. The molecule has 4 aromatic rings. The Hall–Kier alpha value is -5.82. The number of nitro benzene ring substituents is 2. The molecule has 13 nitrogen and oxygen atoms in total. The van der Waals surface area contributed by atoms with Gasteiger partial charge < -0.3 is 15.4 Å². The number of halogens is 8. The van der Waals surface area contributed by atoms with Crippen LogP contribution < -0.4 is 25.2 Å². The predicted molar refractivity (Wildman–Crippen MR) is 192 cm³/mol. The molecule has 0 fully saturated rings. The first-order valence-electron chi connectivity index (χ1n) is 15.7. The van der Waals surface area contributed by atoms with E-state index < -0.39 is 101 Å². The summed E-state index contributed by atoms with van der Waals surface area (Å²) in [6.07, 6.45) is -9.74. The van der Waals surface area contributed by atoms with Crippen LogP contribution in [0.3, 0.4) is 0 Å². The SMILES string of the molecule is CCN(C(=O)NC)c1c([N+](=O)[O-])ccc(Oc2ccc([N+](=O)[O-])c(N(CC)C(=O)NC)c2-c2ccc(C(F)(F)F)cc2Cl)c1-c1ccc(C(F)(F)F)cc1Cl. The number of nitrogens with one attached hydrogen (secondary N) is 2. The average molecular weight is 818 g/mol. The third-order valence-electron chi connectivity index (χ3n) is 8.07. The van der Waals surface area contributed by atoms with Crippen LogP contribution in [0, 0.1) is 20.2 Å². The molecule has 0 aromatic heterocycles. The van der Waals surface area contributed by atoms with Crippen LogP contribution in [0.5, 0.6) is 11.5 Å². The van der Waals surface area contributed by atoms with Crippen molar-refractivity contribution in [3.63, 3.8) is 0 Å². The molecule has 0 aliphatic heterocycles. The molecule has 292 valence electrons. The van der Waals surface area contributed by atoms with E-state index in [0.29, 0.717) is 24.3 Å². The van der Waals surface area contributed by atoms with Crippen molar-refractivity contribution < 1.29 is 50.5 Å². The van der Waals surface area contributed by atoms with E-state index in [0.717, 1.165) is 46.2 Å². The Kier molecular flexibility index (Phi) is 12.4. The van der Waals surface area contributed by atoms with E-state index in [9.17, 15) is 56.2 Å². The summed E-state index contributed by atoms with van der Waals surface area (Å²) in [6.45, 7) is 2.38. The molecule has 21 heteroatoms. The number of rotatable bonds is 10. The highest BCUT2D eigenvalue weighted by Crippen LogP contribution is 2.53. The minimum atomic E-state index is -4.87. The summed E-state index contributed by atoms with van der Waals surface area (Å²) in [6, 6.07) is 6.17. The third-order valence-corrected chi connectivity index (χ3v) is 8.70. The Labute approximate surface area is 317 Å². The van der Waals surface area contributed by atoms with Crippen LogP contribution >= 0.6 is 23.2 Å². The number of hydrogen-bond acceptors (Lipinski definition) is 7. The number of benzene rings is 4. The zero-order valence-electron chi connectivity index (χ0n) is 28.9. The monoisotopic (exact) mass is 816 g/mol. The van der Waals surface area contributed by atoms with Crippen molar-refractivity contribution >= 4 is 58.0 Å². The van der Waals surface area contributed by atoms with Crippen molar-refractivity contribution in [2.24, 2.45) is 0 Å². The maximum absolute atomic E-state index is 13.7. The van der Waals surface area contributed by atoms with Crippen LogP contribution in [0.2, 0.25) is 10.0 Å². The topological polar surface area (TPSA) is 160 Å². The van der Waals surface area contributed by atoms with Crippen LogP contribution in [-0.2, 0) is 12.4 Å². The summed E-state index contributed by atoms with van der Waals surface area (Å²) in [5.41, 5.74) is -6.24. The van der Waals surface area contributed by atoms with Gasteiger partial charge in [0.2, 0.25) is 0 Å². The van der Waals surface area contributed by atoms with Crippen LogP contribution in [0.15, 0.2) is 60.7 Å². The van der Waals surface area contributed by atoms with Gasteiger partial charge in [-0.2, -0.15) is 26.3 Å². The highest BCUT2D eigenvalue weighted by atomic mass is 35.5. The number of nitro groups is 2. The first-order valence-corrected chi connectivity index (χ1v) is 16.5. The van der Waals surface area contributed by atoms with Gasteiger partial charge in [0, 0.05) is 60.5 Å². The van der Waals surface area contributed by atoms with E-state index >= 15 is 0 Å². The van der Waals surface area contributed by atoms with Gasteiger partial charge >= 0.3 is 24.4 Å². The first-order chi connectivity index (χ1) is 25.7. The second-order valence-corrected chi connectivity index (χ2v) is 12.0. The quantitative estimate of drug-likeness (QED) is 0.0915. The van der Waals surface area contributed by atoms with Gasteiger partial charge in [-0.3, -0.25) is 30.0 Å². The summed E-state index contributed by atoms with van der Waals surface area (Å²) in [4.78, 5) is 51.1. The van der Waals surface area contributed by atoms with E-state index in [1.807, 2.05) is 0 Å². The third kappa shape index (κ3) is 8.46. The van der Waals surface area contributed by atoms with E-state index in [-0.39, 0.29) is 24.2 Å². The Morgan fingerprint density at radius 3 is 1.27 bits per heavy atom. The van der Waals surface area contributed by atoms with Crippen molar-refractivity contribution in [3.8, 4) is 33.8 Å². The van der Waals surface area contributed by atoms with Crippen molar-refractivity contribution in [2.75, 3.05) is 37.0 Å². The Bertz CT molecular complexity index is 2030.